The highest BCUT2D eigenvalue weighted by molar-refractivity contribution is 5.95. The van der Waals surface area contributed by atoms with Gasteiger partial charge in [-0.3, -0.25) is 10.1 Å². The van der Waals surface area contributed by atoms with Crippen molar-refractivity contribution in [1.29, 1.82) is 0 Å². The van der Waals surface area contributed by atoms with Crippen LogP contribution in [0.3, 0.4) is 0 Å². The van der Waals surface area contributed by atoms with Gasteiger partial charge in [-0.15, -0.1) is 0 Å². The molecule has 4 rings (SSSR count). The van der Waals surface area contributed by atoms with E-state index in [1.807, 2.05) is 72.8 Å². The molecule has 0 fully saturated rings. The third kappa shape index (κ3) is 4.72. The highest BCUT2D eigenvalue weighted by atomic mass is 16.6. The van der Waals surface area contributed by atoms with Gasteiger partial charge in [-0.25, -0.2) is 0 Å². The van der Waals surface area contributed by atoms with E-state index in [4.69, 9.17) is 14.2 Å². The summed E-state index contributed by atoms with van der Waals surface area (Å²) in [7, 11) is 1.60. The molecule has 0 saturated carbocycles. The molecular weight excluding hydrogens is 380 g/mol. The maximum absolute atomic E-state index is 13.1. The largest absolute Gasteiger partial charge is 0.497 e. The Labute approximate surface area is 175 Å². The van der Waals surface area contributed by atoms with E-state index in [1.54, 1.807) is 13.2 Å². The second-order valence-electron chi connectivity index (χ2n) is 6.97. The lowest BCUT2D eigenvalue weighted by molar-refractivity contribution is -0.118. The van der Waals surface area contributed by atoms with E-state index >= 15 is 0 Å². The third-order valence-electron chi connectivity index (χ3n) is 4.85. The number of carbonyl (C=O) groups is 1. The first kappa shape index (κ1) is 19.8. The summed E-state index contributed by atoms with van der Waals surface area (Å²) in [6.07, 6.45) is -0.198. The van der Waals surface area contributed by atoms with E-state index in [9.17, 15) is 4.79 Å². The Balaban J connectivity index is 1.46. The van der Waals surface area contributed by atoms with Gasteiger partial charge in [-0.2, -0.15) is 0 Å². The molecule has 6 nitrogen and oxygen atoms in total. The number of hydrogen-bond acceptors (Lipinski definition) is 5. The average Bonchev–Trinajstić information content (AvgIpc) is 2.80. The van der Waals surface area contributed by atoms with E-state index in [0.717, 1.165) is 11.3 Å². The van der Waals surface area contributed by atoms with Crippen LogP contribution in [0.5, 0.6) is 17.2 Å². The zero-order valence-electron chi connectivity index (χ0n) is 16.7. The number of nitrogens with one attached hydrogen (secondary N) is 2. The Morgan fingerprint density at radius 3 is 2.60 bits per heavy atom. The minimum atomic E-state index is -0.543. The number of amides is 1. The van der Waals surface area contributed by atoms with Crippen LogP contribution in [0.25, 0.3) is 0 Å². The number of hydrogen-bond donors (Lipinski definition) is 2. The highest BCUT2D eigenvalue weighted by Crippen LogP contribution is 2.31. The van der Waals surface area contributed by atoms with Crippen LogP contribution in [0.1, 0.15) is 11.6 Å². The monoisotopic (exact) mass is 404 g/mol. The van der Waals surface area contributed by atoms with Crippen molar-refractivity contribution in [2.45, 2.75) is 12.1 Å². The predicted octanol–water partition coefficient (Wildman–Crippen LogP) is 3.80. The topological polar surface area (TPSA) is 68.8 Å². The Morgan fingerprint density at radius 2 is 1.80 bits per heavy atom. The van der Waals surface area contributed by atoms with Crippen LogP contribution in [-0.4, -0.2) is 32.3 Å². The number of benzene rings is 3. The summed E-state index contributed by atoms with van der Waals surface area (Å²) in [5, 5.41) is 6.30. The van der Waals surface area contributed by atoms with Crippen LogP contribution in [-0.2, 0) is 4.79 Å². The number of anilines is 1. The van der Waals surface area contributed by atoms with Crippen LogP contribution in [0, 0.1) is 0 Å². The molecule has 0 saturated heterocycles. The van der Waals surface area contributed by atoms with Crippen LogP contribution in [0.15, 0.2) is 78.9 Å². The fourth-order valence-corrected chi connectivity index (χ4v) is 3.34. The highest BCUT2D eigenvalue weighted by Gasteiger charge is 2.25. The number of rotatable bonds is 7. The molecule has 1 aliphatic heterocycles. The molecule has 0 spiro atoms. The summed E-state index contributed by atoms with van der Waals surface area (Å²) in [4.78, 5) is 13.1. The van der Waals surface area contributed by atoms with Crippen LogP contribution in [0.4, 0.5) is 5.69 Å². The van der Waals surface area contributed by atoms with Crippen molar-refractivity contribution >= 4 is 11.6 Å². The maximum Gasteiger partial charge on any atom is 0.246 e. The van der Waals surface area contributed by atoms with Crippen molar-refractivity contribution < 1.29 is 19.0 Å². The van der Waals surface area contributed by atoms with Crippen LogP contribution < -0.4 is 24.8 Å². The lowest BCUT2D eigenvalue weighted by atomic mass is 10.1. The number of ether oxygens (including phenoxy) is 3. The summed E-state index contributed by atoms with van der Waals surface area (Å²) in [6, 6.07) is 23.9. The zero-order chi connectivity index (χ0) is 20.8. The summed E-state index contributed by atoms with van der Waals surface area (Å²) in [5.74, 6) is 1.98. The van der Waals surface area contributed by atoms with Gasteiger partial charge in [0, 0.05) is 18.3 Å². The number of fused-ring (bicyclic) bond motifs is 1. The molecular formula is C24H24N2O4. The average molecular weight is 404 g/mol. The van der Waals surface area contributed by atoms with E-state index in [0.29, 0.717) is 30.3 Å². The second-order valence-corrected chi connectivity index (χ2v) is 6.97. The minimum Gasteiger partial charge on any atom is -0.497 e. The first-order valence-electron chi connectivity index (χ1n) is 9.84. The molecule has 1 amide bonds. The van der Waals surface area contributed by atoms with Crippen molar-refractivity contribution in [2.24, 2.45) is 0 Å². The zero-order valence-corrected chi connectivity index (χ0v) is 16.7. The number of carbonyl (C=O) groups excluding carboxylic acids is 1. The summed E-state index contributed by atoms with van der Waals surface area (Å²) < 4.78 is 17.0. The lowest BCUT2D eigenvalue weighted by Gasteiger charge is -2.28. The molecule has 2 N–H and O–H groups in total. The SMILES string of the molecule is COc1cccc(NC(=O)[C@H](NC[C@@H]2COc3ccccc3O2)c2ccccc2)c1. The molecule has 0 aromatic heterocycles. The van der Waals surface area contributed by atoms with Crippen molar-refractivity contribution in [3.8, 4) is 17.2 Å². The van der Waals surface area contributed by atoms with Crippen LogP contribution in [0.2, 0.25) is 0 Å². The van der Waals surface area contributed by atoms with Gasteiger partial charge < -0.3 is 19.5 Å². The van der Waals surface area contributed by atoms with Gasteiger partial charge in [0.2, 0.25) is 5.91 Å². The molecule has 0 unspecified atom stereocenters. The predicted molar refractivity (Wildman–Crippen MR) is 115 cm³/mol. The molecule has 0 radical (unpaired) electrons. The molecule has 0 aliphatic carbocycles. The van der Waals surface area contributed by atoms with Gasteiger partial charge in [-0.05, 0) is 29.8 Å². The van der Waals surface area contributed by atoms with Gasteiger partial charge in [0.25, 0.3) is 0 Å². The summed E-state index contributed by atoms with van der Waals surface area (Å²) >= 11 is 0. The standard InChI is InChI=1S/C24H24N2O4/c1-28-19-11-7-10-18(14-19)26-24(27)23(17-8-3-2-4-9-17)25-15-20-16-29-21-12-5-6-13-22(21)30-20/h2-14,20,23,25H,15-16H2,1H3,(H,26,27)/t20-,23-/m1/s1. The third-order valence-corrected chi connectivity index (χ3v) is 4.85. The molecule has 3 aromatic rings. The Hall–Kier alpha value is -3.51. The van der Waals surface area contributed by atoms with Crippen molar-refractivity contribution in [2.75, 3.05) is 25.6 Å². The second kappa shape index (κ2) is 9.33. The van der Waals surface area contributed by atoms with E-state index in [-0.39, 0.29) is 12.0 Å². The molecule has 1 heterocycles. The molecule has 3 aromatic carbocycles. The first-order chi connectivity index (χ1) is 14.7. The Bertz CT molecular complexity index is 993. The molecule has 6 heteroatoms. The van der Waals surface area contributed by atoms with E-state index in [1.165, 1.54) is 0 Å². The van der Waals surface area contributed by atoms with Crippen molar-refractivity contribution in [3.63, 3.8) is 0 Å². The van der Waals surface area contributed by atoms with Gasteiger partial charge in [0.1, 0.15) is 24.5 Å². The number of methoxy groups -OCH3 is 1. The fourth-order valence-electron chi connectivity index (χ4n) is 3.34. The molecule has 30 heavy (non-hydrogen) atoms. The molecule has 1 aliphatic rings. The normalized spacial score (nSPS) is 15.8. The maximum atomic E-state index is 13.1. The minimum absolute atomic E-state index is 0.161. The van der Waals surface area contributed by atoms with E-state index in [2.05, 4.69) is 10.6 Å². The molecule has 2 atom stereocenters. The summed E-state index contributed by atoms with van der Waals surface area (Å²) in [5.41, 5.74) is 1.54. The quantitative estimate of drug-likeness (QED) is 0.627. The van der Waals surface area contributed by atoms with Gasteiger partial charge in [0.15, 0.2) is 11.5 Å². The summed E-state index contributed by atoms with van der Waals surface area (Å²) in [6.45, 7) is 0.877. The lowest BCUT2D eigenvalue weighted by Crippen LogP contribution is -2.42. The smallest absolute Gasteiger partial charge is 0.246 e. The van der Waals surface area contributed by atoms with Crippen molar-refractivity contribution in [3.05, 3.63) is 84.4 Å². The first-order valence-corrected chi connectivity index (χ1v) is 9.84. The fraction of sp³-hybridized carbons (Fsp3) is 0.208. The van der Waals surface area contributed by atoms with E-state index < -0.39 is 6.04 Å². The molecule has 154 valence electrons. The Kier molecular flexibility index (Phi) is 6.15. The van der Waals surface area contributed by atoms with Gasteiger partial charge >= 0.3 is 0 Å². The molecule has 0 bridgehead atoms. The van der Waals surface area contributed by atoms with Crippen LogP contribution >= 0.6 is 0 Å². The number of para-hydroxylation sites is 2. The van der Waals surface area contributed by atoms with Crippen molar-refractivity contribution in [1.82, 2.24) is 5.32 Å². The van der Waals surface area contributed by atoms with Gasteiger partial charge in [-0.1, -0.05) is 48.5 Å². The Morgan fingerprint density at radius 1 is 1.03 bits per heavy atom. The van der Waals surface area contributed by atoms with Gasteiger partial charge in [0.05, 0.1) is 7.11 Å².